The molecule has 2 aliphatic heterocycles. The van der Waals surface area contributed by atoms with Gasteiger partial charge in [-0.2, -0.15) is 5.10 Å². The minimum absolute atomic E-state index is 0.0543. The zero-order chi connectivity index (χ0) is 18.2. The van der Waals surface area contributed by atoms with Crippen molar-refractivity contribution < 1.29 is 13.2 Å². The molecule has 2 atom stereocenters. The van der Waals surface area contributed by atoms with Crippen molar-refractivity contribution in [1.82, 2.24) is 19.6 Å². The third-order valence-corrected chi connectivity index (χ3v) is 7.13. The molecule has 0 N–H and O–H groups in total. The Labute approximate surface area is 149 Å². The van der Waals surface area contributed by atoms with Crippen LogP contribution < -0.4 is 0 Å². The summed E-state index contributed by atoms with van der Waals surface area (Å²) in [4.78, 5) is 16.2. The predicted octanol–water partition coefficient (Wildman–Crippen LogP) is 0.821. The van der Waals surface area contributed by atoms with Crippen LogP contribution in [0.1, 0.15) is 37.9 Å². The first kappa shape index (κ1) is 18.4. The Morgan fingerprint density at radius 3 is 2.64 bits per heavy atom. The molecule has 0 spiro atoms. The quantitative estimate of drug-likeness (QED) is 0.769. The van der Waals surface area contributed by atoms with Crippen LogP contribution in [0, 0.1) is 6.92 Å². The second-order valence-corrected chi connectivity index (χ2v) is 9.25. The number of carbonyl (C=O) groups is 1. The van der Waals surface area contributed by atoms with Gasteiger partial charge >= 0.3 is 0 Å². The molecule has 0 aliphatic carbocycles. The molecule has 0 radical (unpaired) electrons. The van der Waals surface area contributed by atoms with E-state index >= 15 is 0 Å². The maximum Gasteiger partial charge on any atom is 0.222 e. The fourth-order valence-electron chi connectivity index (χ4n) is 4.03. The second-order valence-electron chi connectivity index (χ2n) is 7.10. The zero-order valence-corrected chi connectivity index (χ0v) is 16.1. The molecule has 1 amide bonds. The van der Waals surface area contributed by atoms with E-state index in [-0.39, 0.29) is 29.5 Å². The van der Waals surface area contributed by atoms with Crippen molar-refractivity contribution in [3.8, 4) is 0 Å². The third-order valence-electron chi connectivity index (χ3n) is 5.43. The van der Waals surface area contributed by atoms with Crippen LogP contribution in [-0.2, 0) is 27.7 Å². The molecule has 0 bridgehead atoms. The largest absolute Gasteiger partial charge is 0.336 e. The van der Waals surface area contributed by atoms with Crippen molar-refractivity contribution in [2.24, 2.45) is 0 Å². The van der Waals surface area contributed by atoms with E-state index in [1.54, 1.807) is 4.90 Å². The van der Waals surface area contributed by atoms with E-state index in [1.807, 2.05) is 17.8 Å². The van der Waals surface area contributed by atoms with Gasteiger partial charge in [0.25, 0.3) is 0 Å². The highest BCUT2D eigenvalue weighted by atomic mass is 32.2. The van der Waals surface area contributed by atoms with Crippen molar-refractivity contribution in [3.05, 3.63) is 17.5 Å². The summed E-state index contributed by atoms with van der Waals surface area (Å²) in [7, 11) is -3.10. The molecule has 25 heavy (non-hydrogen) atoms. The lowest BCUT2D eigenvalue weighted by atomic mass is 10.0. The minimum Gasteiger partial charge on any atom is -0.336 e. The lowest BCUT2D eigenvalue weighted by Crippen LogP contribution is -2.60. The molecule has 0 aromatic carbocycles. The van der Waals surface area contributed by atoms with Gasteiger partial charge in [0.05, 0.1) is 23.7 Å². The summed E-state index contributed by atoms with van der Waals surface area (Å²) in [6.07, 6.45) is 3.35. The number of carbonyl (C=O) groups excluding carboxylic acids is 1. The second kappa shape index (κ2) is 7.07. The van der Waals surface area contributed by atoms with Crippen LogP contribution >= 0.6 is 0 Å². The van der Waals surface area contributed by atoms with E-state index in [1.165, 1.54) is 0 Å². The molecule has 3 rings (SSSR count). The van der Waals surface area contributed by atoms with Gasteiger partial charge in [-0.15, -0.1) is 0 Å². The number of fused-ring (bicyclic) bond motifs is 1. The summed E-state index contributed by atoms with van der Waals surface area (Å²) in [5.74, 6) is 0.292. The first-order valence-corrected chi connectivity index (χ1v) is 10.9. The standard InChI is InChI=1S/C17H28N4O3S/c1-4-6-21-13(3)14(9-18-21)10-19-7-8-20(17(22)5-2)16-12-25(23,24)11-15(16)19/h9,15-16H,4-8,10-12H2,1-3H3/t15-,16+/m0/s1. The lowest BCUT2D eigenvalue weighted by molar-refractivity contribution is -0.136. The van der Waals surface area contributed by atoms with Gasteiger partial charge in [0, 0.05) is 49.9 Å². The molecule has 140 valence electrons. The molecule has 0 unspecified atom stereocenters. The summed E-state index contributed by atoms with van der Waals surface area (Å²) in [6.45, 7) is 8.92. The Hall–Kier alpha value is -1.41. The Balaban J connectivity index is 1.80. The molecular formula is C17H28N4O3S. The van der Waals surface area contributed by atoms with Crippen LogP contribution in [0.2, 0.25) is 0 Å². The SMILES string of the molecule is CCCn1ncc(CN2CCN(C(=O)CC)[C@@H]3CS(=O)(=O)C[C@@H]32)c1C. The van der Waals surface area contributed by atoms with E-state index in [9.17, 15) is 13.2 Å². The molecule has 2 fully saturated rings. The number of aromatic nitrogens is 2. The molecule has 2 saturated heterocycles. The van der Waals surface area contributed by atoms with Crippen molar-refractivity contribution in [3.63, 3.8) is 0 Å². The maximum atomic E-state index is 12.2. The van der Waals surface area contributed by atoms with Crippen molar-refractivity contribution in [2.75, 3.05) is 24.6 Å². The highest BCUT2D eigenvalue weighted by Crippen LogP contribution is 2.29. The Kier molecular flexibility index (Phi) is 5.20. The Morgan fingerprint density at radius 2 is 1.96 bits per heavy atom. The molecule has 1 aromatic rings. The van der Waals surface area contributed by atoms with Gasteiger partial charge in [0.1, 0.15) is 0 Å². The number of nitrogens with zero attached hydrogens (tertiary/aromatic N) is 4. The number of piperazine rings is 1. The number of hydrogen-bond donors (Lipinski definition) is 0. The predicted molar refractivity (Wildman–Crippen MR) is 95.9 cm³/mol. The van der Waals surface area contributed by atoms with Gasteiger partial charge < -0.3 is 4.90 Å². The third kappa shape index (κ3) is 3.60. The van der Waals surface area contributed by atoms with Gasteiger partial charge in [0.2, 0.25) is 5.91 Å². The smallest absolute Gasteiger partial charge is 0.222 e. The minimum atomic E-state index is -3.10. The normalized spacial score (nSPS) is 26.0. The van der Waals surface area contributed by atoms with E-state index in [0.717, 1.165) is 24.2 Å². The summed E-state index contributed by atoms with van der Waals surface area (Å²) >= 11 is 0. The summed E-state index contributed by atoms with van der Waals surface area (Å²) in [5, 5.41) is 4.45. The number of hydrogen-bond acceptors (Lipinski definition) is 5. The van der Waals surface area contributed by atoms with Crippen LogP contribution in [0.25, 0.3) is 0 Å². The molecule has 2 aliphatic rings. The number of amides is 1. The van der Waals surface area contributed by atoms with E-state index < -0.39 is 9.84 Å². The first-order valence-electron chi connectivity index (χ1n) is 9.11. The topological polar surface area (TPSA) is 75.5 Å². The van der Waals surface area contributed by atoms with Crippen LogP contribution in [0.15, 0.2) is 6.20 Å². The maximum absolute atomic E-state index is 12.2. The fraction of sp³-hybridized carbons (Fsp3) is 0.765. The van der Waals surface area contributed by atoms with Crippen LogP contribution in [-0.4, -0.2) is 70.6 Å². The summed E-state index contributed by atoms with van der Waals surface area (Å²) < 4.78 is 26.5. The highest BCUT2D eigenvalue weighted by molar-refractivity contribution is 7.91. The highest BCUT2D eigenvalue weighted by Gasteiger charge is 2.47. The molecule has 3 heterocycles. The Morgan fingerprint density at radius 1 is 1.24 bits per heavy atom. The molecule has 0 saturated carbocycles. The molecular weight excluding hydrogens is 340 g/mol. The van der Waals surface area contributed by atoms with Crippen molar-refractivity contribution >= 4 is 15.7 Å². The van der Waals surface area contributed by atoms with Gasteiger partial charge in [-0.05, 0) is 13.3 Å². The van der Waals surface area contributed by atoms with Crippen LogP contribution in [0.5, 0.6) is 0 Å². The van der Waals surface area contributed by atoms with Crippen molar-refractivity contribution in [1.29, 1.82) is 0 Å². The summed E-state index contributed by atoms with van der Waals surface area (Å²) in [6, 6.07) is -0.319. The van der Waals surface area contributed by atoms with Crippen LogP contribution in [0.3, 0.4) is 0 Å². The molecule has 8 heteroatoms. The molecule has 7 nitrogen and oxygen atoms in total. The number of sulfone groups is 1. The van der Waals surface area contributed by atoms with Crippen molar-refractivity contribution in [2.45, 2.75) is 58.8 Å². The van der Waals surface area contributed by atoms with E-state index in [0.29, 0.717) is 26.1 Å². The zero-order valence-electron chi connectivity index (χ0n) is 15.3. The van der Waals surface area contributed by atoms with Crippen LogP contribution in [0.4, 0.5) is 0 Å². The first-order chi connectivity index (χ1) is 11.9. The lowest BCUT2D eigenvalue weighted by Gasteiger charge is -2.43. The van der Waals surface area contributed by atoms with E-state index in [2.05, 4.69) is 23.8 Å². The number of aryl methyl sites for hydroxylation is 1. The van der Waals surface area contributed by atoms with Gasteiger partial charge in [0.15, 0.2) is 9.84 Å². The summed E-state index contributed by atoms with van der Waals surface area (Å²) in [5.41, 5.74) is 2.29. The molecule has 1 aromatic heterocycles. The van der Waals surface area contributed by atoms with Gasteiger partial charge in [-0.1, -0.05) is 13.8 Å². The number of rotatable bonds is 5. The van der Waals surface area contributed by atoms with E-state index in [4.69, 9.17) is 0 Å². The average Bonchev–Trinajstić information content (AvgIpc) is 3.07. The fourth-order valence-corrected chi connectivity index (χ4v) is 6.04. The van der Waals surface area contributed by atoms with Gasteiger partial charge in [-0.3, -0.25) is 14.4 Å². The van der Waals surface area contributed by atoms with Gasteiger partial charge in [-0.25, -0.2) is 8.42 Å². The average molecular weight is 369 g/mol. The Bertz CT molecular complexity index is 743. The monoisotopic (exact) mass is 368 g/mol.